The van der Waals surface area contributed by atoms with Gasteiger partial charge in [-0.1, -0.05) is 13.0 Å². The van der Waals surface area contributed by atoms with Gasteiger partial charge in [-0.05, 0) is 60.3 Å². The Morgan fingerprint density at radius 3 is 3.07 bits per heavy atom. The molecular weight excluding hydrogens is 390 g/mol. The molecule has 0 saturated heterocycles. The maximum Gasteiger partial charge on any atom is 0.354 e. The number of carbonyl (C=O) groups is 1. The molecule has 2 aromatic rings. The molecule has 3 aliphatic rings. The number of nitrogens with one attached hydrogen (secondary N) is 1. The average molecular weight is 416 g/mol. The van der Waals surface area contributed by atoms with Crippen LogP contribution in [-0.4, -0.2) is 26.6 Å². The van der Waals surface area contributed by atoms with Gasteiger partial charge in [-0.3, -0.25) is 0 Å². The zero-order valence-corrected chi connectivity index (χ0v) is 17.3. The molecule has 2 unspecified atom stereocenters. The van der Waals surface area contributed by atoms with E-state index >= 15 is 0 Å². The van der Waals surface area contributed by atoms with E-state index in [2.05, 4.69) is 27.8 Å². The third kappa shape index (κ3) is 3.12. The Bertz CT molecular complexity index is 1130. The molecule has 2 amide bonds. The van der Waals surface area contributed by atoms with Crippen LogP contribution >= 0.6 is 0 Å². The molecule has 2 heterocycles. The van der Waals surface area contributed by atoms with Gasteiger partial charge in [-0.25, -0.2) is 18.8 Å². The number of nitrogens with two attached hydrogens (primary N) is 1. The average Bonchev–Trinajstić information content (AvgIpc) is 3.40. The Morgan fingerprint density at radius 2 is 2.21 bits per heavy atom. The van der Waals surface area contributed by atoms with Crippen LogP contribution in [0.3, 0.4) is 0 Å². The molecule has 5 rings (SSSR count). The number of carbonyl (C=O) groups excluding carboxylic acids is 1. The number of rotatable bonds is 2. The second-order valence-electron chi connectivity index (χ2n) is 8.08. The van der Waals surface area contributed by atoms with Crippen LogP contribution in [0, 0.1) is 0 Å². The van der Waals surface area contributed by atoms with E-state index in [0.29, 0.717) is 24.9 Å². The van der Waals surface area contributed by atoms with Gasteiger partial charge < -0.3 is 10.1 Å². The van der Waals surface area contributed by atoms with Crippen molar-refractivity contribution in [1.82, 2.24) is 9.78 Å². The summed E-state index contributed by atoms with van der Waals surface area (Å²) in [5.74, 6) is 0.828. The molecular formula is C20H25N5O3S. The number of hydrogen-bond donors (Lipinski definition) is 2. The van der Waals surface area contributed by atoms with Crippen molar-refractivity contribution in [2.24, 2.45) is 9.50 Å². The molecule has 8 nitrogen and oxygen atoms in total. The lowest BCUT2D eigenvalue weighted by Gasteiger charge is -2.17. The molecule has 2 aliphatic carbocycles. The maximum atomic E-state index is 13.1. The van der Waals surface area contributed by atoms with Gasteiger partial charge in [0, 0.05) is 18.7 Å². The van der Waals surface area contributed by atoms with Gasteiger partial charge in [-0.2, -0.15) is 5.10 Å². The van der Waals surface area contributed by atoms with E-state index in [-0.39, 0.29) is 4.90 Å². The minimum atomic E-state index is -3.46. The highest BCUT2D eigenvalue weighted by molar-refractivity contribution is 7.91. The third-order valence-corrected chi connectivity index (χ3v) is 7.53. The van der Waals surface area contributed by atoms with Crippen LogP contribution in [0.5, 0.6) is 5.88 Å². The summed E-state index contributed by atoms with van der Waals surface area (Å²) in [6.45, 7) is 3.39. The van der Waals surface area contributed by atoms with Crippen LogP contribution < -0.4 is 15.2 Å². The van der Waals surface area contributed by atoms with Crippen LogP contribution in [0.4, 0.5) is 10.5 Å². The van der Waals surface area contributed by atoms with Gasteiger partial charge >= 0.3 is 6.03 Å². The summed E-state index contributed by atoms with van der Waals surface area (Å²) in [5, 5.41) is 13.1. The lowest BCUT2D eigenvalue weighted by molar-refractivity contribution is 0.224. The lowest BCUT2D eigenvalue weighted by Crippen LogP contribution is -2.21. The summed E-state index contributed by atoms with van der Waals surface area (Å²) in [7, 11) is -3.46. The van der Waals surface area contributed by atoms with Crippen molar-refractivity contribution in [3.05, 3.63) is 34.5 Å². The van der Waals surface area contributed by atoms with Gasteiger partial charge in [0.2, 0.25) is 5.88 Å². The van der Waals surface area contributed by atoms with E-state index in [0.717, 1.165) is 44.2 Å². The molecule has 29 heavy (non-hydrogen) atoms. The number of aryl methyl sites for hydroxylation is 2. The predicted molar refractivity (Wildman–Crippen MR) is 110 cm³/mol. The van der Waals surface area contributed by atoms with E-state index in [1.54, 1.807) is 4.68 Å². The summed E-state index contributed by atoms with van der Waals surface area (Å²) in [6.07, 6.45) is 7.27. The first-order valence-electron chi connectivity index (χ1n) is 10.2. The lowest BCUT2D eigenvalue weighted by atomic mass is 9.96. The van der Waals surface area contributed by atoms with E-state index < -0.39 is 15.9 Å². The summed E-state index contributed by atoms with van der Waals surface area (Å²) in [5.41, 5.74) is 5.86. The Kier molecular flexibility index (Phi) is 4.40. The number of nitrogens with zero attached hydrogens (tertiary/aromatic N) is 3. The van der Waals surface area contributed by atoms with Gasteiger partial charge in [0.05, 0.1) is 12.8 Å². The van der Waals surface area contributed by atoms with Crippen molar-refractivity contribution < 1.29 is 13.7 Å². The highest BCUT2D eigenvalue weighted by Crippen LogP contribution is 2.43. The predicted octanol–water partition coefficient (Wildman–Crippen LogP) is 3.14. The standard InChI is InChI=1S/C20H25N5O3S/c1-12-6-7-15-16(12)10-13-4-2-5-14(13)18(15)23-20(26)24-29(21,27)17-11-22-25-8-3-9-28-19(17)25/h10-12H,2-9H2,1H3,(H3,21,23,24,26,27). The number of aromatic nitrogens is 2. The normalized spacial score (nSPS) is 21.5. The Hall–Kier alpha value is -2.39. The monoisotopic (exact) mass is 415 g/mol. The molecule has 0 spiro atoms. The van der Waals surface area contributed by atoms with Crippen LogP contribution in [0.1, 0.15) is 54.4 Å². The molecule has 0 radical (unpaired) electrons. The second-order valence-corrected chi connectivity index (χ2v) is 9.84. The molecule has 2 atom stereocenters. The summed E-state index contributed by atoms with van der Waals surface area (Å²) in [4.78, 5) is 12.9. The SMILES string of the molecule is CC1CCc2c1cc1c(c2NC(=O)N=S(N)(=O)c2cnn3c2OCCC3)CCC1. The number of benzene rings is 1. The quantitative estimate of drug-likeness (QED) is 0.785. The van der Waals surface area contributed by atoms with E-state index in [9.17, 15) is 9.00 Å². The molecule has 0 fully saturated rings. The number of anilines is 1. The number of hydrogen-bond acceptors (Lipinski definition) is 4. The van der Waals surface area contributed by atoms with Crippen LogP contribution in [0.2, 0.25) is 0 Å². The zero-order valence-electron chi connectivity index (χ0n) is 16.4. The van der Waals surface area contributed by atoms with Crippen molar-refractivity contribution in [3.63, 3.8) is 0 Å². The smallest absolute Gasteiger partial charge is 0.354 e. The second kappa shape index (κ2) is 6.84. The highest BCUT2D eigenvalue weighted by atomic mass is 32.2. The van der Waals surface area contributed by atoms with Crippen LogP contribution in [0.25, 0.3) is 0 Å². The molecule has 0 bridgehead atoms. The molecule has 0 saturated carbocycles. The minimum absolute atomic E-state index is 0.171. The first-order chi connectivity index (χ1) is 13.9. The van der Waals surface area contributed by atoms with Gasteiger partial charge in [0.1, 0.15) is 4.90 Å². The molecule has 1 aromatic heterocycles. The minimum Gasteiger partial charge on any atom is -0.477 e. The first-order valence-corrected chi connectivity index (χ1v) is 11.7. The van der Waals surface area contributed by atoms with Crippen LogP contribution in [-0.2, 0) is 35.7 Å². The van der Waals surface area contributed by atoms with E-state index in [4.69, 9.17) is 9.88 Å². The number of urea groups is 1. The maximum absolute atomic E-state index is 13.1. The molecule has 3 N–H and O–H groups in total. The van der Waals surface area contributed by atoms with E-state index in [1.165, 1.54) is 28.5 Å². The Balaban J connectivity index is 1.50. The molecule has 1 aromatic carbocycles. The molecule has 1 aliphatic heterocycles. The zero-order chi connectivity index (χ0) is 20.2. The van der Waals surface area contributed by atoms with Gasteiger partial charge in [0.15, 0.2) is 9.92 Å². The number of amides is 2. The topological polar surface area (TPSA) is 112 Å². The first kappa shape index (κ1) is 18.6. The highest BCUT2D eigenvalue weighted by Gasteiger charge is 2.29. The summed E-state index contributed by atoms with van der Waals surface area (Å²) in [6, 6.07) is 1.63. The van der Waals surface area contributed by atoms with Crippen molar-refractivity contribution in [1.29, 1.82) is 0 Å². The van der Waals surface area contributed by atoms with Gasteiger partial charge in [0.25, 0.3) is 0 Å². The fourth-order valence-electron chi connectivity index (χ4n) is 4.74. The number of ether oxygens (including phenoxy) is 1. The fourth-order valence-corrected chi connectivity index (χ4v) is 5.74. The Labute approximate surface area is 170 Å². The van der Waals surface area contributed by atoms with E-state index in [1.807, 2.05) is 0 Å². The molecule has 154 valence electrons. The third-order valence-electron chi connectivity index (χ3n) is 6.18. The van der Waals surface area contributed by atoms with Crippen molar-refractivity contribution in [2.75, 3.05) is 11.9 Å². The summed E-state index contributed by atoms with van der Waals surface area (Å²) < 4.78 is 24.1. The summed E-state index contributed by atoms with van der Waals surface area (Å²) >= 11 is 0. The number of fused-ring (bicyclic) bond motifs is 3. The largest absolute Gasteiger partial charge is 0.477 e. The molecule has 9 heteroatoms. The van der Waals surface area contributed by atoms with Crippen molar-refractivity contribution in [3.8, 4) is 5.88 Å². The van der Waals surface area contributed by atoms with Crippen molar-refractivity contribution >= 4 is 21.6 Å². The van der Waals surface area contributed by atoms with Crippen LogP contribution in [0.15, 0.2) is 21.5 Å². The Morgan fingerprint density at radius 1 is 1.34 bits per heavy atom. The van der Waals surface area contributed by atoms with Gasteiger partial charge in [-0.15, -0.1) is 4.36 Å². The van der Waals surface area contributed by atoms with Crippen molar-refractivity contribution in [2.45, 2.75) is 62.8 Å². The fraction of sp³-hybridized carbons (Fsp3) is 0.500.